The summed E-state index contributed by atoms with van der Waals surface area (Å²) in [5, 5.41) is 0. The van der Waals surface area contributed by atoms with Gasteiger partial charge in [-0.2, -0.15) is 0 Å². The molecule has 68 valence electrons. The molecule has 2 aliphatic rings. The first-order valence-electron chi connectivity index (χ1n) is 5.24. The summed E-state index contributed by atoms with van der Waals surface area (Å²) in [5.74, 6) is 0.846. The molecule has 0 heterocycles. The second-order valence-corrected chi connectivity index (χ2v) is 3.64. The summed E-state index contributed by atoms with van der Waals surface area (Å²) in [6.07, 6.45) is 13.7. The molecule has 0 spiro atoms. The second-order valence-electron chi connectivity index (χ2n) is 3.64. The van der Waals surface area contributed by atoms with Gasteiger partial charge in [0.2, 0.25) is 0 Å². The molecule has 0 N–H and O–H groups in total. The van der Waals surface area contributed by atoms with E-state index in [4.69, 9.17) is 0 Å². The fraction of sp³-hybridized carbons (Fsp3) is 0.667. The highest BCUT2D eigenvalue weighted by Gasteiger charge is 2.17. The van der Waals surface area contributed by atoms with Gasteiger partial charge in [0.25, 0.3) is 0 Å². The Kier molecular flexibility index (Phi) is 4.13. The lowest BCUT2D eigenvalue weighted by Crippen LogP contribution is -1.98. The SMILES string of the molecule is C1=CC2CCC=C2CC1.CCC. The van der Waals surface area contributed by atoms with Gasteiger partial charge >= 0.3 is 0 Å². The molecule has 0 radical (unpaired) electrons. The Labute approximate surface area is 76.4 Å². The molecule has 2 rings (SSSR count). The van der Waals surface area contributed by atoms with E-state index >= 15 is 0 Å². The Hall–Kier alpha value is -0.520. The second kappa shape index (κ2) is 5.18. The molecule has 0 aromatic carbocycles. The number of fused-ring (bicyclic) bond motifs is 1. The smallest absolute Gasteiger partial charge is 0.00202 e. The molecule has 0 bridgehead atoms. The molecule has 0 heteroatoms. The topological polar surface area (TPSA) is 0 Å². The maximum absolute atomic E-state index is 2.42. The maximum atomic E-state index is 2.42. The van der Waals surface area contributed by atoms with Gasteiger partial charge in [0.1, 0.15) is 0 Å². The van der Waals surface area contributed by atoms with Gasteiger partial charge in [-0.25, -0.2) is 0 Å². The van der Waals surface area contributed by atoms with Gasteiger partial charge in [-0.05, 0) is 31.6 Å². The standard InChI is InChI=1S/C9H12.C3H8/c1-2-5-9-7-3-6-8(9)4-1;1-3-2/h1,4,7-8H,2-3,5-6H2;3H2,1-2H3. The largest absolute Gasteiger partial charge is 0.0876 e. The van der Waals surface area contributed by atoms with Crippen LogP contribution in [0.1, 0.15) is 46.0 Å². The molecular weight excluding hydrogens is 144 g/mol. The summed E-state index contributed by atoms with van der Waals surface area (Å²) in [7, 11) is 0. The first-order chi connectivity index (χ1) is 5.88. The summed E-state index contributed by atoms with van der Waals surface area (Å²) in [5.41, 5.74) is 1.71. The van der Waals surface area contributed by atoms with Gasteiger partial charge in [-0.3, -0.25) is 0 Å². The van der Waals surface area contributed by atoms with E-state index in [-0.39, 0.29) is 0 Å². The highest BCUT2D eigenvalue weighted by Crippen LogP contribution is 2.33. The van der Waals surface area contributed by atoms with E-state index in [0.717, 1.165) is 5.92 Å². The molecule has 0 saturated carbocycles. The third-order valence-electron chi connectivity index (χ3n) is 2.33. The fourth-order valence-electron chi connectivity index (χ4n) is 1.80. The zero-order valence-electron chi connectivity index (χ0n) is 8.34. The third kappa shape index (κ3) is 2.51. The van der Waals surface area contributed by atoms with Gasteiger partial charge < -0.3 is 0 Å². The highest BCUT2D eigenvalue weighted by molar-refractivity contribution is 5.22. The van der Waals surface area contributed by atoms with E-state index < -0.39 is 0 Å². The number of rotatable bonds is 0. The average Bonchev–Trinajstić information content (AvgIpc) is 2.52. The maximum Gasteiger partial charge on any atom is -0.00202 e. The van der Waals surface area contributed by atoms with Crippen molar-refractivity contribution < 1.29 is 0 Å². The number of allylic oxidation sites excluding steroid dienone is 4. The van der Waals surface area contributed by atoms with Crippen molar-refractivity contribution in [3.8, 4) is 0 Å². The van der Waals surface area contributed by atoms with Crippen LogP contribution >= 0.6 is 0 Å². The third-order valence-corrected chi connectivity index (χ3v) is 2.33. The van der Waals surface area contributed by atoms with Gasteiger partial charge in [0.05, 0.1) is 0 Å². The zero-order chi connectivity index (χ0) is 8.81. The Balaban J connectivity index is 0.000000213. The van der Waals surface area contributed by atoms with E-state index in [1.165, 1.54) is 32.1 Å². The molecule has 1 unspecified atom stereocenters. The van der Waals surface area contributed by atoms with Crippen LogP contribution in [0.15, 0.2) is 23.8 Å². The van der Waals surface area contributed by atoms with Crippen molar-refractivity contribution >= 4 is 0 Å². The summed E-state index contributed by atoms with van der Waals surface area (Å²) < 4.78 is 0. The number of hydrogen-bond donors (Lipinski definition) is 0. The van der Waals surface area contributed by atoms with Gasteiger partial charge in [-0.1, -0.05) is 44.1 Å². The lowest BCUT2D eigenvalue weighted by molar-refractivity contribution is 0.684. The van der Waals surface area contributed by atoms with E-state index in [9.17, 15) is 0 Å². The minimum Gasteiger partial charge on any atom is -0.0876 e. The van der Waals surface area contributed by atoms with Crippen LogP contribution in [0.4, 0.5) is 0 Å². The molecule has 0 aromatic rings. The van der Waals surface area contributed by atoms with Crippen LogP contribution in [0.2, 0.25) is 0 Å². The van der Waals surface area contributed by atoms with Gasteiger partial charge in [0.15, 0.2) is 0 Å². The molecule has 1 atom stereocenters. The predicted molar refractivity (Wildman–Crippen MR) is 55.1 cm³/mol. The Morgan fingerprint density at radius 2 is 2.08 bits per heavy atom. The molecular formula is C12H20. The first-order valence-corrected chi connectivity index (χ1v) is 5.24. The zero-order valence-corrected chi connectivity index (χ0v) is 8.34. The normalized spacial score (nSPS) is 25.5. The molecule has 0 nitrogen and oxygen atoms in total. The average molecular weight is 164 g/mol. The lowest BCUT2D eigenvalue weighted by Gasteiger charge is -2.13. The Morgan fingerprint density at radius 1 is 1.33 bits per heavy atom. The Morgan fingerprint density at radius 3 is 2.75 bits per heavy atom. The highest BCUT2D eigenvalue weighted by atomic mass is 14.2. The van der Waals surface area contributed by atoms with Gasteiger partial charge in [-0.15, -0.1) is 0 Å². The number of hydrogen-bond acceptors (Lipinski definition) is 0. The van der Waals surface area contributed by atoms with Crippen molar-refractivity contribution in [3.63, 3.8) is 0 Å². The molecule has 12 heavy (non-hydrogen) atoms. The van der Waals surface area contributed by atoms with Crippen LogP contribution < -0.4 is 0 Å². The van der Waals surface area contributed by atoms with Crippen molar-refractivity contribution in [2.24, 2.45) is 5.92 Å². The van der Waals surface area contributed by atoms with Crippen LogP contribution in [0.25, 0.3) is 0 Å². The van der Waals surface area contributed by atoms with Crippen LogP contribution in [-0.4, -0.2) is 0 Å². The van der Waals surface area contributed by atoms with E-state index in [1.54, 1.807) is 5.57 Å². The summed E-state index contributed by atoms with van der Waals surface area (Å²) in [6.45, 7) is 4.25. The molecule has 0 aromatic heterocycles. The minimum absolute atomic E-state index is 0.846. The van der Waals surface area contributed by atoms with Crippen molar-refractivity contribution in [1.29, 1.82) is 0 Å². The van der Waals surface area contributed by atoms with Crippen LogP contribution in [-0.2, 0) is 0 Å². The molecule has 2 aliphatic carbocycles. The molecule has 0 aliphatic heterocycles. The van der Waals surface area contributed by atoms with Crippen molar-refractivity contribution in [3.05, 3.63) is 23.8 Å². The van der Waals surface area contributed by atoms with Crippen LogP contribution in [0.3, 0.4) is 0 Å². The summed E-state index contributed by atoms with van der Waals surface area (Å²) in [4.78, 5) is 0. The van der Waals surface area contributed by atoms with E-state index in [1.807, 2.05) is 0 Å². The van der Waals surface area contributed by atoms with Crippen molar-refractivity contribution in [1.82, 2.24) is 0 Å². The van der Waals surface area contributed by atoms with E-state index in [0.29, 0.717) is 0 Å². The molecule has 0 saturated heterocycles. The van der Waals surface area contributed by atoms with Crippen molar-refractivity contribution in [2.45, 2.75) is 46.0 Å². The molecule has 0 amide bonds. The summed E-state index contributed by atoms with van der Waals surface area (Å²) >= 11 is 0. The quantitative estimate of drug-likeness (QED) is 0.473. The molecule has 0 fully saturated rings. The lowest BCUT2D eigenvalue weighted by atomic mass is 9.92. The van der Waals surface area contributed by atoms with E-state index in [2.05, 4.69) is 32.1 Å². The predicted octanol–water partition coefficient (Wildman–Crippen LogP) is 4.09. The Bertz CT molecular complexity index is 174. The minimum atomic E-state index is 0.846. The van der Waals surface area contributed by atoms with Crippen molar-refractivity contribution in [2.75, 3.05) is 0 Å². The van der Waals surface area contributed by atoms with Crippen LogP contribution in [0, 0.1) is 5.92 Å². The first kappa shape index (κ1) is 9.57. The van der Waals surface area contributed by atoms with Crippen LogP contribution in [0.5, 0.6) is 0 Å². The summed E-state index contributed by atoms with van der Waals surface area (Å²) in [6, 6.07) is 0. The fourth-order valence-corrected chi connectivity index (χ4v) is 1.80. The monoisotopic (exact) mass is 164 g/mol. The van der Waals surface area contributed by atoms with Gasteiger partial charge in [0, 0.05) is 0 Å².